The standard InChI is InChI=1S/C21H28BrN3O3S/c1-15-16(2)25(13-19-5-4-11-27-19)21(23-15)29-14-20(26)24(3)10-12-28-18-8-6-17(22)7-9-18/h6-9,19H,4-5,10-14H2,1-3H3. The largest absolute Gasteiger partial charge is 0.492 e. The minimum absolute atomic E-state index is 0.0661. The Kier molecular flexibility index (Phi) is 8.03. The number of hydrogen-bond acceptors (Lipinski definition) is 5. The van der Waals surface area contributed by atoms with Crippen LogP contribution in [0.2, 0.25) is 0 Å². The van der Waals surface area contributed by atoms with Crippen molar-refractivity contribution in [3.05, 3.63) is 40.1 Å². The van der Waals surface area contributed by atoms with Crippen molar-refractivity contribution in [2.75, 3.05) is 32.6 Å². The molecule has 8 heteroatoms. The van der Waals surface area contributed by atoms with Crippen molar-refractivity contribution < 1.29 is 14.3 Å². The number of halogens is 1. The summed E-state index contributed by atoms with van der Waals surface area (Å²) in [6.07, 6.45) is 2.45. The highest BCUT2D eigenvalue weighted by atomic mass is 79.9. The molecule has 1 amide bonds. The maximum absolute atomic E-state index is 12.5. The van der Waals surface area contributed by atoms with Crippen molar-refractivity contribution in [3.8, 4) is 5.75 Å². The maximum Gasteiger partial charge on any atom is 0.232 e. The van der Waals surface area contributed by atoms with Gasteiger partial charge in [0, 0.05) is 23.8 Å². The zero-order valence-corrected chi connectivity index (χ0v) is 19.6. The van der Waals surface area contributed by atoms with Gasteiger partial charge < -0.3 is 18.9 Å². The van der Waals surface area contributed by atoms with Gasteiger partial charge in [-0.25, -0.2) is 4.98 Å². The van der Waals surface area contributed by atoms with Crippen molar-refractivity contribution in [1.82, 2.24) is 14.5 Å². The van der Waals surface area contributed by atoms with E-state index in [0.29, 0.717) is 18.9 Å². The van der Waals surface area contributed by atoms with Crippen LogP contribution in [0.5, 0.6) is 5.75 Å². The first kappa shape index (κ1) is 22.2. The van der Waals surface area contributed by atoms with Crippen molar-refractivity contribution in [2.45, 2.75) is 44.5 Å². The van der Waals surface area contributed by atoms with Gasteiger partial charge in [-0.2, -0.15) is 0 Å². The number of carbonyl (C=O) groups is 1. The molecule has 1 aliphatic rings. The van der Waals surface area contributed by atoms with E-state index < -0.39 is 0 Å². The molecular weight excluding hydrogens is 454 g/mol. The molecule has 2 aromatic rings. The summed E-state index contributed by atoms with van der Waals surface area (Å²) in [7, 11) is 1.81. The number of rotatable bonds is 9. The molecule has 29 heavy (non-hydrogen) atoms. The normalized spacial score (nSPS) is 16.2. The Hall–Kier alpha value is -1.51. The van der Waals surface area contributed by atoms with Crippen molar-refractivity contribution in [1.29, 1.82) is 0 Å². The van der Waals surface area contributed by atoms with Crippen LogP contribution < -0.4 is 4.74 Å². The zero-order valence-electron chi connectivity index (χ0n) is 17.2. The highest BCUT2D eigenvalue weighted by molar-refractivity contribution is 9.10. The number of aromatic nitrogens is 2. The smallest absolute Gasteiger partial charge is 0.232 e. The van der Waals surface area contributed by atoms with Crippen LogP contribution in [0.25, 0.3) is 0 Å². The van der Waals surface area contributed by atoms with E-state index in [0.717, 1.165) is 52.8 Å². The van der Waals surface area contributed by atoms with E-state index in [9.17, 15) is 4.79 Å². The number of amides is 1. The summed E-state index contributed by atoms with van der Waals surface area (Å²) in [5, 5.41) is 0.892. The Morgan fingerprint density at radius 2 is 2.14 bits per heavy atom. The molecule has 1 aromatic heterocycles. The summed E-state index contributed by atoms with van der Waals surface area (Å²) in [4.78, 5) is 18.9. The first-order chi connectivity index (χ1) is 13.9. The first-order valence-corrected chi connectivity index (χ1v) is 11.6. The molecule has 0 spiro atoms. The lowest BCUT2D eigenvalue weighted by Gasteiger charge is -2.18. The topological polar surface area (TPSA) is 56.6 Å². The fraction of sp³-hybridized carbons (Fsp3) is 0.524. The third-order valence-electron chi connectivity index (χ3n) is 5.09. The second kappa shape index (κ2) is 10.5. The fourth-order valence-corrected chi connectivity index (χ4v) is 4.44. The molecule has 0 saturated carbocycles. The number of benzene rings is 1. The molecule has 1 atom stereocenters. The molecule has 6 nitrogen and oxygen atoms in total. The van der Waals surface area contributed by atoms with Gasteiger partial charge >= 0.3 is 0 Å². The molecule has 3 rings (SSSR count). The molecule has 2 heterocycles. The van der Waals surface area contributed by atoms with Crippen molar-refractivity contribution >= 4 is 33.6 Å². The minimum atomic E-state index is 0.0661. The second-order valence-electron chi connectivity index (χ2n) is 7.22. The third-order valence-corrected chi connectivity index (χ3v) is 6.58. The Labute approximate surface area is 185 Å². The highest BCUT2D eigenvalue weighted by Gasteiger charge is 2.21. The van der Waals surface area contributed by atoms with Gasteiger partial charge in [0.05, 0.1) is 30.6 Å². The molecule has 1 aromatic carbocycles. The van der Waals surface area contributed by atoms with E-state index in [1.165, 1.54) is 11.8 Å². The molecule has 1 saturated heterocycles. The molecule has 0 N–H and O–H groups in total. The summed E-state index contributed by atoms with van der Waals surface area (Å²) in [6, 6.07) is 7.67. The van der Waals surface area contributed by atoms with Crippen LogP contribution in [-0.4, -0.2) is 59.0 Å². The molecule has 1 unspecified atom stereocenters. The summed E-state index contributed by atoms with van der Waals surface area (Å²) in [6.45, 7) is 6.73. The Morgan fingerprint density at radius 3 is 2.83 bits per heavy atom. The van der Waals surface area contributed by atoms with E-state index in [1.807, 2.05) is 38.2 Å². The average molecular weight is 482 g/mol. The first-order valence-electron chi connectivity index (χ1n) is 9.84. The number of hydrogen-bond donors (Lipinski definition) is 0. The van der Waals surface area contributed by atoms with E-state index in [-0.39, 0.29) is 12.0 Å². The Morgan fingerprint density at radius 1 is 1.38 bits per heavy atom. The lowest BCUT2D eigenvalue weighted by molar-refractivity contribution is -0.127. The number of imidazole rings is 1. The summed E-state index contributed by atoms with van der Waals surface area (Å²) >= 11 is 4.90. The molecule has 0 aliphatic carbocycles. The van der Waals surface area contributed by atoms with Gasteiger partial charge in [0.15, 0.2) is 5.16 Å². The van der Waals surface area contributed by atoms with Gasteiger partial charge in [0.25, 0.3) is 0 Å². The average Bonchev–Trinajstić information content (AvgIpc) is 3.31. The molecule has 1 fully saturated rings. The van der Waals surface area contributed by atoms with Crippen LogP contribution in [0, 0.1) is 13.8 Å². The highest BCUT2D eigenvalue weighted by Crippen LogP contribution is 2.24. The zero-order chi connectivity index (χ0) is 20.8. The Balaban J connectivity index is 1.47. The maximum atomic E-state index is 12.5. The van der Waals surface area contributed by atoms with Crippen LogP contribution in [0.3, 0.4) is 0 Å². The van der Waals surface area contributed by atoms with Crippen LogP contribution in [0.1, 0.15) is 24.2 Å². The van der Waals surface area contributed by atoms with Gasteiger partial charge in [0.1, 0.15) is 12.4 Å². The van der Waals surface area contributed by atoms with Crippen molar-refractivity contribution in [2.24, 2.45) is 0 Å². The second-order valence-corrected chi connectivity index (χ2v) is 9.08. The number of carbonyl (C=O) groups excluding carboxylic acids is 1. The third kappa shape index (κ3) is 6.23. The quantitative estimate of drug-likeness (QED) is 0.505. The van der Waals surface area contributed by atoms with Crippen molar-refractivity contribution in [3.63, 3.8) is 0 Å². The predicted octanol–water partition coefficient (Wildman–Crippen LogP) is 4.07. The summed E-state index contributed by atoms with van der Waals surface area (Å²) < 4.78 is 14.7. The fourth-order valence-electron chi connectivity index (χ4n) is 3.13. The van der Waals surface area contributed by atoms with E-state index >= 15 is 0 Å². The number of thioether (sulfide) groups is 1. The minimum Gasteiger partial charge on any atom is -0.492 e. The van der Waals surface area contributed by atoms with Gasteiger partial charge in [-0.15, -0.1) is 0 Å². The lowest BCUT2D eigenvalue weighted by atomic mass is 10.2. The van der Waals surface area contributed by atoms with Gasteiger partial charge in [-0.05, 0) is 51.0 Å². The monoisotopic (exact) mass is 481 g/mol. The number of nitrogens with zero attached hydrogens (tertiary/aromatic N) is 3. The Bertz CT molecular complexity index is 819. The summed E-state index contributed by atoms with van der Waals surface area (Å²) in [5.74, 6) is 1.22. The molecule has 158 valence electrons. The van der Waals surface area contributed by atoms with E-state index in [4.69, 9.17) is 9.47 Å². The van der Waals surface area contributed by atoms with Crippen LogP contribution in [0.15, 0.2) is 33.9 Å². The van der Waals surface area contributed by atoms with E-state index in [2.05, 4.69) is 32.4 Å². The van der Waals surface area contributed by atoms with Gasteiger partial charge in [0.2, 0.25) is 5.91 Å². The van der Waals surface area contributed by atoms with E-state index in [1.54, 1.807) is 4.90 Å². The summed E-state index contributed by atoms with van der Waals surface area (Å²) in [5.41, 5.74) is 2.15. The van der Waals surface area contributed by atoms with Crippen LogP contribution in [-0.2, 0) is 16.1 Å². The number of ether oxygens (including phenoxy) is 2. The molecule has 0 bridgehead atoms. The van der Waals surface area contributed by atoms with Crippen LogP contribution >= 0.6 is 27.7 Å². The molecule has 1 aliphatic heterocycles. The predicted molar refractivity (Wildman–Crippen MR) is 119 cm³/mol. The molecule has 0 radical (unpaired) electrons. The van der Waals surface area contributed by atoms with Gasteiger partial charge in [-0.1, -0.05) is 27.7 Å². The SMILES string of the molecule is Cc1nc(SCC(=O)N(C)CCOc2ccc(Br)cc2)n(CC2CCCO2)c1C. The number of aryl methyl sites for hydroxylation is 1. The van der Waals surface area contributed by atoms with Crippen LogP contribution in [0.4, 0.5) is 0 Å². The molecular formula is C21H28BrN3O3S. The van der Waals surface area contributed by atoms with Gasteiger partial charge in [-0.3, -0.25) is 4.79 Å². The number of likely N-dealkylation sites (N-methyl/N-ethyl adjacent to an activating group) is 1. The lowest BCUT2D eigenvalue weighted by Crippen LogP contribution is -2.32.